The number of aromatic nitrogens is 2. The van der Waals surface area contributed by atoms with Crippen LogP contribution in [0, 0.1) is 5.82 Å². The molecule has 0 aliphatic carbocycles. The molecule has 1 fully saturated rings. The van der Waals surface area contributed by atoms with Crippen LogP contribution in [0.25, 0.3) is 11.0 Å². The third kappa shape index (κ3) is 9.32. The van der Waals surface area contributed by atoms with E-state index in [2.05, 4.69) is 31.2 Å². The number of halogens is 1. The normalized spacial score (nSPS) is 21.3. The Labute approximate surface area is 311 Å². The Morgan fingerprint density at radius 3 is 2.31 bits per heavy atom. The second-order valence-electron chi connectivity index (χ2n) is 13.6. The lowest BCUT2D eigenvalue weighted by Crippen LogP contribution is -2.61. The van der Waals surface area contributed by atoms with Gasteiger partial charge in [-0.25, -0.2) is 9.37 Å². The Balaban J connectivity index is 1.17. The Morgan fingerprint density at radius 1 is 0.870 bits per heavy atom. The summed E-state index contributed by atoms with van der Waals surface area (Å²) in [5.74, 6) is -1.19. The predicted octanol–water partition coefficient (Wildman–Crippen LogP) is 2.32. The van der Waals surface area contributed by atoms with Crippen molar-refractivity contribution in [1.82, 2.24) is 36.1 Å². The summed E-state index contributed by atoms with van der Waals surface area (Å²) in [4.78, 5) is 76.4. The van der Waals surface area contributed by atoms with Gasteiger partial charge < -0.3 is 40.6 Å². The van der Waals surface area contributed by atoms with Crippen LogP contribution in [-0.2, 0) is 36.8 Å². The van der Waals surface area contributed by atoms with Gasteiger partial charge in [0.1, 0.15) is 47.9 Å². The largest absolute Gasteiger partial charge is 0.492 e. The van der Waals surface area contributed by atoms with Crippen molar-refractivity contribution < 1.29 is 37.8 Å². The van der Waals surface area contributed by atoms with Gasteiger partial charge in [0.2, 0.25) is 23.6 Å². The van der Waals surface area contributed by atoms with Gasteiger partial charge in [0.15, 0.2) is 5.60 Å². The average molecular weight is 742 g/mol. The van der Waals surface area contributed by atoms with Gasteiger partial charge in [0, 0.05) is 45.2 Å². The van der Waals surface area contributed by atoms with Crippen LogP contribution in [0.4, 0.5) is 4.39 Å². The fraction of sp³-hybridized carbons (Fsp3) is 0.385. The standard InChI is InChI=1S/C39H44FN7O7/c1-24-35(49)41-18-21-53-28-9-11-29(12-10-28)54-39(38(52)43-25(2)36(50)46-32(37(51)42-24)22-26-6-4-3-5-7-26)16-19-47(20-17-39)34(48)15-14-33-44-30-13-8-27(40)23-31(30)45-33/h3-13,23-25,32H,14-22H2,1-2H3,(H,41,49)(H,42,51)(H,43,52)(H,44,45)(H,46,50)/t24-,25-,32-/m0/s1. The van der Waals surface area contributed by atoms with E-state index in [1.54, 1.807) is 42.2 Å². The molecule has 3 aromatic carbocycles. The molecule has 284 valence electrons. The first-order valence-electron chi connectivity index (χ1n) is 18.1. The van der Waals surface area contributed by atoms with Crippen molar-refractivity contribution in [2.75, 3.05) is 26.2 Å². The van der Waals surface area contributed by atoms with E-state index in [0.717, 1.165) is 5.56 Å². The number of benzene rings is 3. The number of aromatic amines is 1. The Hall–Kier alpha value is -5.99. The van der Waals surface area contributed by atoms with Crippen molar-refractivity contribution in [2.45, 2.75) is 69.7 Å². The van der Waals surface area contributed by atoms with E-state index in [1.165, 1.54) is 19.1 Å². The maximum Gasteiger partial charge on any atom is 0.264 e. The molecule has 15 heteroatoms. The minimum absolute atomic E-state index is 0.133. The molecule has 1 spiro atoms. The fourth-order valence-electron chi connectivity index (χ4n) is 6.48. The zero-order valence-corrected chi connectivity index (χ0v) is 30.2. The van der Waals surface area contributed by atoms with Gasteiger partial charge in [0.05, 0.1) is 17.6 Å². The summed E-state index contributed by atoms with van der Waals surface area (Å²) in [6.45, 7) is 3.81. The quantitative estimate of drug-likeness (QED) is 0.193. The van der Waals surface area contributed by atoms with Gasteiger partial charge in [-0.1, -0.05) is 30.3 Å². The highest BCUT2D eigenvalue weighted by molar-refractivity contribution is 5.95. The first-order chi connectivity index (χ1) is 26.0. The first-order valence-corrected chi connectivity index (χ1v) is 18.1. The molecule has 0 radical (unpaired) electrons. The number of ether oxygens (including phenoxy) is 2. The molecule has 7 rings (SSSR count). The summed E-state index contributed by atoms with van der Waals surface area (Å²) in [5.41, 5.74) is 0.515. The SMILES string of the molecule is C[C@@H]1NC(=O)[C@H](Cc2ccccc2)NC(=O)[C@H](C)NC(=O)C2(CCN(C(=O)CCc3nc4ccc(F)cc4[nH]3)CC2)Oc2ccc(cc2)OCCNC1=O. The molecule has 3 atom stereocenters. The number of carbonyl (C=O) groups excluding carboxylic acids is 5. The van der Waals surface area contributed by atoms with Gasteiger partial charge in [0.25, 0.3) is 5.91 Å². The highest BCUT2D eigenvalue weighted by Gasteiger charge is 2.45. The monoisotopic (exact) mass is 741 g/mol. The molecule has 14 nitrogen and oxygen atoms in total. The molecule has 5 amide bonds. The summed E-state index contributed by atoms with van der Waals surface area (Å²) in [5, 5.41) is 11.0. The minimum Gasteiger partial charge on any atom is -0.492 e. The molecule has 5 N–H and O–H groups in total. The first kappa shape index (κ1) is 37.8. The second kappa shape index (κ2) is 16.8. The van der Waals surface area contributed by atoms with Gasteiger partial charge >= 0.3 is 0 Å². The number of likely N-dealkylation sites (tertiary alicyclic amines) is 1. The van der Waals surface area contributed by atoms with E-state index < -0.39 is 47.4 Å². The topological polar surface area (TPSA) is 184 Å². The molecule has 3 aliphatic rings. The van der Waals surface area contributed by atoms with Crippen LogP contribution in [0.3, 0.4) is 0 Å². The van der Waals surface area contributed by atoms with Crippen molar-refractivity contribution in [3.63, 3.8) is 0 Å². The van der Waals surface area contributed by atoms with Crippen molar-refractivity contribution in [2.24, 2.45) is 0 Å². The third-order valence-corrected chi connectivity index (χ3v) is 9.62. The summed E-state index contributed by atoms with van der Waals surface area (Å²) in [6.07, 6.45) is 0.892. The number of amides is 5. The number of carbonyl (C=O) groups is 5. The van der Waals surface area contributed by atoms with E-state index in [0.29, 0.717) is 34.8 Å². The van der Waals surface area contributed by atoms with Crippen molar-refractivity contribution in [1.29, 1.82) is 0 Å². The number of rotatable bonds is 5. The zero-order chi connectivity index (χ0) is 38.2. The number of nitrogens with zero attached hydrogens (tertiary/aromatic N) is 2. The minimum atomic E-state index is -1.43. The lowest BCUT2D eigenvalue weighted by atomic mass is 9.89. The molecule has 2 bridgehead atoms. The van der Waals surface area contributed by atoms with E-state index in [1.807, 2.05) is 30.3 Å². The molecule has 4 aromatic rings. The van der Waals surface area contributed by atoms with E-state index in [9.17, 15) is 28.4 Å². The smallest absolute Gasteiger partial charge is 0.264 e. The molecule has 54 heavy (non-hydrogen) atoms. The summed E-state index contributed by atoms with van der Waals surface area (Å²) >= 11 is 0. The molecule has 1 aromatic heterocycles. The highest BCUT2D eigenvalue weighted by Crippen LogP contribution is 2.31. The molecular formula is C39H44FN7O7. The molecule has 3 aliphatic heterocycles. The Kier molecular flexibility index (Phi) is 11.7. The molecule has 1 saturated heterocycles. The van der Waals surface area contributed by atoms with Gasteiger partial charge in [-0.05, 0) is 61.9 Å². The maximum absolute atomic E-state index is 14.1. The van der Waals surface area contributed by atoms with Crippen LogP contribution in [0.5, 0.6) is 11.5 Å². The predicted molar refractivity (Wildman–Crippen MR) is 196 cm³/mol. The van der Waals surface area contributed by atoms with E-state index >= 15 is 0 Å². The van der Waals surface area contributed by atoms with Crippen LogP contribution in [-0.4, -0.2) is 94.4 Å². The van der Waals surface area contributed by atoms with E-state index in [-0.39, 0.29) is 63.6 Å². The van der Waals surface area contributed by atoms with Gasteiger partial charge in [-0.15, -0.1) is 0 Å². The maximum atomic E-state index is 14.1. The summed E-state index contributed by atoms with van der Waals surface area (Å²) in [7, 11) is 0. The van der Waals surface area contributed by atoms with Gasteiger partial charge in [-0.3, -0.25) is 24.0 Å². The Bertz CT molecular complexity index is 1980. The molecular weight excluding hydrogens is 697 g/mol. The summed E-state index contributed by atoms with van der Waals surface area (Å²) in [6, 6.07) is 17.0. The summed E-state index contributed by atoms with van der Waals surface area (Å²) < 4.78 is 25.8. The van der Waals surface area contributed by atoms with E-state index in [4.69, 9.17) is 9.47 Å². The average Bonchev–Trinajstić information content (AvgIpc) is 3.58. The Morgan fingerprint density at radius 2 is 1.57 bits per heavy atom. The van der Waals surface area contributed by atoms with Crippen molar-refractivity contribution in [3.8, 4) is 11.5 Å². The number of aryl methyl sites for hydroxylation is 1. The van der Waals surface area contributed by atoms with Crippen LogP contribution >= 0.6 is 0 Å². The number of H-pyrrole nitrogens is 1. The van der Waals surface area contributed by atoms with Crippen molar-refractivity contribution >= 4 is 40.6 Å². The highest BCUT2D eigenvalue weighted by atomic mass is 19.1. The number of piperidine rings is 1. The number of imidazole rings is 1. The van der Waals surface area contributed by atoms with Crippen LogP contribution in [0.2, 0.25) is 0 Å². The number of hydrogen-bond acceptors (Lipinski definition) is 8. The van der Waals surface area contributed by atoms with Crippen LogP contribution in [0.15, 0.2) is 72.8 Å². The van der Waals surface area contributed by atoms with Crippen LogP contribution < -0.4 is 30.7 Å². The molecule has 4 heterocycles. The third-order valence-electron chi connectivity index (χ3n) is 9.62. The fourth-order valence-corrected chi connectivity index (χ4v) is 6.48. The second-order valence-corrected chi connectivity index (χ2v) is 13.6. The molecule has 0 unspecified atom stereocenters. The lowest BCUT2D eigenvalue weighted by molar-refractivity contribution is -0.148. The number of hydrogen-bond donors (Lipinski definition) is 5. The van der Waals surface area contributed by atoms with Crippen molar-refractivity contribution in [3.05, 3.63) is 90.0 Å². The zero-order valence-electron chi connectivity index (χ0n) is 30.2. The lowest BCUT2D eigenvalue weighted by Gasteiger charge is -2.41. The number of fused-ring (bicyclic) bond motifs is 16. The van der Waals surface area contributed by atoms with Crippen LogP contribution in [0.1, 0.15) is 44.5 Å². The molecule has 0 saturated carbocycles. The van der Waals surface area contributed by atoms with Gasteiger partial charge in [-0.2, -0.15) is 0 Å². The number of nitrogens with one attached hydrogen (secondary N) is 5.